The van der Waals surface area contributed by atoms with E-state index in [1.54, 1.807) is 27.9 Å². The summed E-state index contributed by atoms with van der Waals surface area (Å²) in [6.45, 7) is 14.1. The molecule has 0 bridgehead atoms. The Hall–Kier alpha value is -6.17. The van der Waals surface area contributed by atoms with Crippen molar-refractivity contribution in [3.8, 4) is 0 Å². The van der Waals surface area contributed by atoms with Crippen molar-refractivity contribution >= 4 is 41.4 Å². The predicted molar refractivity (Wildman–Crippen MR) is 279 cm³/mol. The lowest BCUT2D eigenvalue weighted by Gasteiger charge is -2.43. The largest absolute Gasteiger partial charge is 0.382 e. The van der Waals surface area contributed by atoms with Crippen molar-refractivity contribution in [2.45, 2.75) is 148 Å². The summed E-state index contributed by atoms with van der Waals surface area (Å²) in [5, 5.41) is 18.1. The van der Waals surface area contributed by atoms with Crippen molar-refractivity contribution in [1.82, 2.24) is 46.6 Å². The van der Waals surface area contributed by atoms with Crippen LogP contribution in [0.15, 0.2) is 78.9 Å². The van der Waals surface area contributed by atoms with Crippen molar-refractivity contribution in [1.29, 1.82) is 0 Å². The van der Waals surface area contributed by atoms with Crippen LogP contribution in [0.3, 0.4) is 0 Å². The van der Waals surface area contributed by atoms with Crippen LogP contribution in [0.1, 0.15) is 115 Å². The van der Waals surface area contributed by atoms with Crippen LogP contribution in [-0.2, 0) is 57.7 Å². The highest BCUT2D eigenvalue weighted by molar-refractivity contribution is 5.96. The molecule has 2 aliphatic heterocycles. The van der Waals surface area contributed by atoms with Gasteiger partial charge in [0.2, 0.25) is 41.4 Å². The van der Waals surface area contributed by atoms with E-state index in [0.29, 0.717) is 5.56 Å². The highest BCUT2D eigenvalue weighted by Crippen LogP contribution is 2.34. The Labute approximate surface area is 431 Å². The summed E-state index contributed by atoms with van der Waals surface area (Å²) in [4.78, 5) is 106. The number of aryl methyl sites for hydroxylation is 1. The summed E-state index contributed by atoms with van der Waals surface area (Å²) in [7, 11) is 4.83. The van der Waals surface area contributed by atoms with Crippen molar-refractivity contribution < 1.29 is 38.3 Å². The van der Waals surface area contributed by atoms with Crippen LogP contribution in [0.4, 0.5) is 0 Å². The monoisotopic (exact) mass is 1010 g/mol. The predicted octanol–water partition coefficient (Wildman–Crippen LogP) is 3.71. The lowest BCUT2D eigenvalue weighted by Crippen LogP contribution is -2.62. The summed E-state index contributed by atoms with van der Waals surface area (Å²) in [6, 6.07) is 17.7. The van der Waals surface area contributed by atoms with Gasteiger partial charge in [-0.3, -0.25) is 33.6 Å². The molecule has 73 heavy (non-hydrogen) atoms. The maximum atomic E-state index is 15.7. The Morgan fingerprint density at radius 1 is 0.699 bits per heavy atom. The number of methoxy groups -OCH3 is 1. The first kappa shape index (κ1) is 56.1. The SMILES string of the molecule is CN[C@@H](C)C(=O)N[C@H](C(=O)N1C[C@@H](NC(=O)CN(C(=O)[C@@H]2Cc3ccccc3CN2C(=O)[C@@H](NC(=O)[C@H](C)NC)C(C)(C)C)[C@@H](COC)c2ccccc2)C[C@H]1C(=O)N[C@@H]1CCCc2ccccc21)C(C)(C)C. The second-order valence-corrected chi connectivity index (χ2v) is 22.1. The zero-order chi connectivity index (χ0) is 53.4. The summed E-state index contributed by atoms with van der Waals surface area (Å²) in [6.07, 6.45) is 2.70. The van der Waals surface area contributed by atoms with Gasteiger partial charge < -0.3 is 51.3 Å². The zero-order valence-electron chi connectivity index (χ0n) is 44.7. The normalized spacial score (nSPS) is 20.8. The van der Waals surface area contributed by atoms with Crippen LogP contribution < -0.4 is 31.9 Å². The molecule has 1 saturated heterocycles. The van der Waals surface area contributed by atoms with E-state index in [1.807, 2.05) is 114 Å². The van der Waals surface area contributed by atoms with E-state index in [2.05, 4.69) is 38.0 Å². The summed E-state index contributed by atoms with van der Waals surface area (Å²) in [5.41, 5.74) is 3.09. The van der Waals surface area contributed by atoms with Crippen LogP contribution in [0.2, 0.25) is 0 Å². The molecule has 0 spiro atoms. The molecule has 3 aromatic rings. The topological polar surface area (TPSA) is 211 Å². The fraction of sp³-hybridized carbons (Fsp3) is 0.554. The van der Waals surface area contributed by atoms with E-state index in [4.69, 9.17) is 4.74 Å². The minimum Gasteiger partial charge on any atom is -0.382 e. The van der Waals surface area contributed by atoms with Crippen LogP contribution in [0.25, 0.3) is 0 Å². The van der Waals surface area contributed by atoms with E-state index >= 15 is 9.59 Å². The van der Waals surface area contributed by atoms with Gasteiger partial charge in [0.05, 0.1) is 30.8 Å². The first-order valence-corrected chi connectivity index (χ1v) is 25.7. The van der Waals surface area contributed by atoms with Gasteiger partial charge in [0, 0.05) is 32.7 Å². The minimum absolute atomic E-state index is 0.00714. The average molecular weight is 1010 g/mol. The van der Waals surface area contributed by atoms with Gasteiger partial charge in [-0.15, -0.1) is 0 Å². The van der Waals surface area contributed by atoms with Gasteiger partial charge in [0.1, 0.15) is 30.7 Å². The Balaban J connectivity index is 1.34. The molecule has 396 valence electrons. The smallest absolute Gasteiger partial charge is 0.246 e. The number of hydrogen-bond donors (Lipinski definition) is 6. The third-order valence-corrected chi connectivity index (χ3v) is 14.7. The molecule has 7 amide bonds. The molecular weight excluding hydrogens is 927 g/mol. The minimum atomic E-state index is -1.09. The number of carbonyl (C=O) groups is 7. The van der Waals surface area contributed by atoms with E-state index in [0.717, 1.165) is 41.5 Å². The number of fused-ring (bicyclic) bond motifs is 2. The number of likely N-dealkylation sites (N-methyl/N-ethyl adjacent to an activating group) is 2. The molecule has 17 nitrogen and oxygen atoms in total. The van der Waals surface area contributed by atoms with E-state index in [-0.39, 0.29) is 56.3 Å². The number of benzene rings is 3. The van der Waals surface area contributed by atoms with Gasteiger partial charge in [-0.1, -0.05) is 120 Å². The van der Waals surface area contributed by atoms with Crippen molar-refractivity contribution in [3.05, 3.63) is 107 Å². The summed E-state index contributed by atoms with van der Waals surface area (Å²) in [5.74, 6) is -3.07. The van der Waals surface area contributed by atoms with Crippen molar-refractivity contribution in [2.24, 2.45) is 10.8 Å². The van der Waals surface area contributed by atoms with Gasteiger partial charge in [-0.05, 0) is 92.3 Å². The van der Waals surface area contributed by atoms with E-state index < -0.39 is 89.3 Å². The van der Waals surface area contributed by atoms with Crippen molar-refractivity contribution in [3.63, 3.8) is 0 Å². The van der Waals surface area contributed by atoms with Gasteiger partial charge in [0.15, 0.2) is 0 Å². The number of amides is 7. The molecule has 0 saturated carbocycles. The highest BCUT2D eigenvalue weighted by atomic mass is 16.5. The molecule has 6 rings (SSSR count). The number of nitrogens with zero attached hydrogens (tertiary/aromatic N) is 3. The second kappa shape index (κ2) is 24.2. The molecular formula is C56H79N9O8. The lowest BCUT2D eigenvalue weighted by atomic mass is 9.84. The fourth-order valence-corrected chi connectivity index (χ4v) is 10.2. The first-order chi connectivity index (χ1) is 34.6. The van der Waals surface area contributed by atoms with Gasteiger partial charge in [-0.25, -0.2) is 0 Å². The Morgan fingerprint density at radius 3 is 1.82 bits per heavy atom. The highest BCUT2D eigenvalue weighted by Gasteiger charge is 2.48. The molecule has 3 aromatic carbocycles. The second-order valence-electron chi connectivity index (χ2n) is 22.1. The molecule has 0 unspecified atom stereocenters. The summed E-state index contributed by atoms with van der Waals surface area (Å²) < 4.78 is 5.76. The number of rotatable bonds is 18. The standard InChI is InChI=1S/C56H79N9O8/c1-34(57-9)49(67)61-47(55(3,4)5)53(71)63-30-39-24-16-15-23-38(39)28-44(63)52(70)65(45(33-73-11)37-21-13-12-14-22-37)32-46(66)59-40-29-43(51(69)60-42-27-19-25-36-20-17-18-26-41(36)42)64(31-40)54(72)48(56(6,7)8)62-50(68)35(2)58-10/h12-18,20-24,26,34-35,40,42-45,47-48,57-58H,19,25,27-33H2,1-11H3,(H,59,66)(H,60,69)(H,61,67)(H,62,68)/t34-,35-,40-,42+,43-,44-,45-,47+,48+/m0/s1. The third-order valence-electron chi connectivity index (χ3n) is 14.7. The molecule has 17 heteroatoms. The van der Waals surface area contributed by atoms with Crippen molar-refractivity contribution in [2.75, 3.05) is 40.9 Å². The number of ether oxygens (including phenoxy) is 1. The Morgan fingerprint density at radius 2 is 1.25 bits per heavy atom. The van der Waals surface area contributed by atoms with E-state index in [9.17, 15) is 24.0 Å². The Bertz CT molecular complexity index is 2450. The quantitative estimate of drug-likeness (QED) is 0.109. The van der Waals surface area contributed by atoms with Crippen LogP contribution in [0.5, 0.6) is 0 Å². The Kier molecular flexibility index (Phi) is 18.6. The molecule has 0 radical (unpaired) electrons. The average Bonchev–Trinajstić information content (AvgIpc) is 3.79. The maximum absolute atomic E-state index is 15.7. The van der Waals surface area contributed by atoms with E-state index in [1.165, 1.54) is 21.8 Å². The molecule has 6 N–H and O–H groups in total. The van der Waals surface area contributed by atoms with Crippen LogP contribution in [0, 0.1) is 10.8 Å². The number of hydrogen-bond acceptors (Lipinski definition) is 10. The van der Waals surface area contributed by atoms with Crippen LogP contribution in [-0.4, -0.2) is 139 Å². The molecule has 3 aliphatic rings. The molecule has 1 aliphatic carbocycles. The zero-order valence-corrected chi connectivity index (χ0v) is 44.7. The molecule has 2 heterocycles. The number of nitrogens with one attached hydrogen (secondary N) is 6. The lowest BCUT2D eigenvalue weighted by molar-refractivity contribution is -0.153. The van der Waals surface area contributed by atoms with Gasteiger partial charge in [0.25, 0.3) is 0 Å². The summed E-state index contributed by atoms with van der Waals surface area (Å²) >= 11 is 0. The first-order valence-electron chi connectivity index (χ1n) is 25.7. The third kappa shape index (κ3) is 13.5. The fourth-order valence-electron chi connectivity index (χ4n) is 10.2. The number of carbonyl (C=O) groups excluding carboxylic acids is 7. The van der Waals surface area contributed by atoms with Crippen LogP contribution >= 0.6 is 0 Å². The molecule has 1 fully saturated rings. The number of likely N-dealkylation sites (tertiary alicyclic amines) is 1. The molecule has 0 aromatic heterocycles. The maximum Gasteiger partial charge on any atom is 0.246 e. The van der Waals surface area contributed by atoms with Gasteiger partial charge >= 0.3 is 0 Å². The molecule has 9 atom stereocenters. The van der Waals surface area contributed by atoms with Gasteiger partial charge in [-0.2, -0.15) is 0 Å².